The minimum Gasteiger partial charge on any atom is -0.506 e. The van der Waals surface area contributed by atoms with Gasteiger partial charge in [0.2, 0.25) is 0 Å². The van der Waals surface area contributed by atoms with Gasteiger partial charge in [0.25, 0.3) is 0 Å². The van der Waals surface area contributed by atoms with Crippen molar-refractivity contribution in [3.05, 3.63) is 95.9 Å². The molecule has 0 aliphatic rings. The lowest BCUT2D eigenvalue weighted by Gasteiger charge is -2.21. The molecular formula is C30H31N5O. The summed E-state index contributed by atoms with van der Waals surface area (Å²) in [5, 5.41) is 24.0. The third kappa shape index (κ3) is 4.19. The van der Waals surface area contributed by atoms with Crippen molar-refractivity contribution in [3.8, 4) is 39.8 Å². The van der Waals surface area contributed by atoms with Crippen LogP contribution in [0.1, 0.15) is 56.4 Å². The van der Waals surface area contributed by atoms with Crippen molar-refractivity contribution in [2.75, 3.05) is 0 Å². The van der Waals surface area contributed by atoms with Gasteiger partial charge in [-0.15, -0.1) is 10.2 Å². The molecule has 0 spiro atoms. The normalized spacial score (nSPS) is 11.5. The van der Waals surface area contributed by atoms with Crippen molar-refractivity contribution in [2.24, 2.45) is 0 Å². The molecule has 0 bridgehead atoms. The molecule has 5 rings (SSSR count). The van der Waals surface area contributed by atoms with Gasteiger partial charge in [0.15, 0.2) is 5.82 Å². The lowest BCUT2D eigenvalue weighted by molar-refractivity contribution is 0.470. The number of rotatable bonds is 6. The van der Waals surface area contributed by atoms with Crippen LogP contribution in [0.3, 0.4) is 0 Å². The van der Waals surface area contributed by atoms with E-state index in [1.807, 2.05) is 43.6 Å². The number of benzene rings is 3. The van der Waals surface area contributed by atoms with Crippen LogP contribution in [0.15, 0.2) is 79.1 Å². The summed E-state index contributed by atoms with van der Waals surface area (Å²) in [6.45, 7) is 10.9. The van der Waals surface area contributed by atoms with Gasteiger partial charge in [-0.2, -0.15) is 5.10 Å². The Hall–Kier alpha value is -4.19. The van der Waals surface area contributed by atoms with Gasteiger partial charge in [-0.25, -0.2) is 4.68 Å². The Morgan fingerprint density at radius 2 is 1.44 bits per heavy atom. The smallest absolute Gasteiger partial charge is 0.168 e. The van der Waals surface area contributed by atoms with Crippen LogP contribution in [0, 0.1) is 6.92 Å². The highest BCUT2D eigenvalue weighted by Crippen LogP contribution is 2.34. The summed E-state index contributed by atoms with van der Waals surface area (Å²) in [6, 6.07) is 24.0. The fourth-order valence-corrected chi connectivity index (χ4v) is 4.71. The van der Waals surface area contributed by atoms with Crippen LogP contribution in [-0.2, 0) is 0 Å². The second-order valence-corrected chi connectivity index (χ2v) is 9.77. The third-order valence-corrected chi connectivity index (χ3v) is 6.54. The summed E-state index contributed by atoms with van der Waals surface area (Å²) >= 11 is 0. The first-order valence-corrected chi connectivity index (χ1v) is 12.3. The molecule has 0 atom stereocenters. The maximum atomic E-state index is 10.3. The van der Waals surface area contributed by atoms with E-state index in [0.29, 0.717) is 17.5 Å². The monoisotopic (exact) mass is 477 g/mol. The van der Waals surface area contributed by atoms with Crippen LogP contribution in [0.2, 0.25) is 0 Å². The van der Waals surface area contributed by atoms with E-state index in [-0.39, 0.29) is 5.75 Å². The van der Waals surface area contributed by atoms with E-state index in [4.69, 9.17) is 5.10 Å². The van der Waals surface area contributed by atoms with Gasteiger partial charge < -0.3 is 5.11 Å². The predicted octanol–water partition coefficient (Wildman–Crippen LogP) is 7.05. The van der Waals surface area contributed by atoms with Gasteiger partial charge in [0, 0.05) is 16.8 Å². The molecule has 0 amide bonds. The van der Waals surface area contributed by atoms with E-state index in [9.17, 15) is 5.11 Å². The average Bonchev–Trinajstić information content (AvgIpc) is 3.51. The molecule has 0 unspecified atom stereocenters. The molecule has 5 aromatic rings. The van der Waals surface area contributed by atoms with Crippen LogP contribution in [0.25, 0.3) is 34.0 Å². The van der Waals surface area contributed by atoms with E-state index in [1.54, 1.807) is 16.8 Å². The number of para-hydroxylation sites is 3. The third-order valence-electron chi connectivity index (χ3n) is 6.54. The van der Waals surface area contributed by atoms with Gasteiger partial charge in [-0.3, -0.25) is 4.57 Å². The summed E-state index contributed by atoms with van der Waals surface area (Å²) in [4.78, 5) is 0. The molecule has 0 saturated carbocycles. The zero-order valence-corrected chi connectivity index (χ0v) is 21.3. The summed E-state index contributed by atoms with van der Waals surface area (Å²) in [5.41, 5.74) is 8.07. The Kier molecular flexibility index (Phi) is 6.18. The molecule has 2 aromatic heterocycles. The van der Waals surface area contributed by atoms with Gasteiger partial charge in [-0.05, 0) is 54.2 Å². The van der Waals surface area contributed by atoms with Gasteiger partial charge in [0.05, 0.1) is 11.4 Å². The second kappa shape index (κ2) is 9.46. The molecule has 36 heavy (non-hydrogen) atoms. The van der Waals surface area contributed by atoms with Crippen LogP contribution in [0.4, 0.5) is 0 Å². The van der Waals surface area contributed by atoms with E-state index in [2.05, 4.69) is 72.8 Å². The average molecular weight is 478 g/mol. The zero-order valence-electron chi connectivity index (χ0n) is 21.3. The fraction of sp³-hybridized carbons (Fsp3) is 0.233. The number of aryl methyl sites for hydroxylation is 1. The lowest BCUT2D eigenvalue weighted by atomic mass is 9.92. The summed E-state index contributed by atoms with van der Waals surface area (Å²) < 4.78 is 3.89. The van der Waals surface area contributed by atoms with Crippen LogP contribution in [-0.4, -0.2) is 29.7 Å². The Labute approximate surface area is 211 Å². The molecule has 6 nitrogen and oxygen atoms in total. The zero-order chi connectivity index (χ0) is 25.4. The maximum absolute atomic E-state index is 10.3. The molecule has 0 saturated heterocycles. The number of hydrogen-bond donors (Lipinski definition) is 1. The number of phenols is 1. The predicted molar refractivity (Wildman–Crippen MR) is 144 cm³/mol. The molecular weight excluding hydrogens is 446 g/mol. The summed E-state index contributed by atoms with van der Waals surface area (Å²) in [5.74, 6) is 1.72. The number of aromatic hydroxyl groups is 1. The standard InChI is InChI=1S/C30H31N5O/c1-19(2)24-12-9-13-25(20(3)4)29(24)34-18-31-32-30(34)23-11-8-10-22(17-23)26-16-21(5)35(33-26)27-14-6-7-15-28(27)36/h6-20,36H,1-5H3. The SMILES string of the molecule is Cc1cc(-c2cccc(-c3nncn3-c3c(C(C)C)cccc3C(C)C)c2)nn1-c1ccccc1O. The first-order valence-electron chi connectivity index (χ1n) is 12.3. The van der Waals surface area contributed by atoms with Crippen molar-refractivity contribution < 1.29 is 5.11 Å². The van der Waals surface area contributed by atoms with Crippen molar-refractivity contribution in [1.29, 1.82) is 0 Å². The summed E-state index contributed by atoms with van der Waals surface area (Å²) in [6.07, 6.45) is 1.81. The number of nitrogens with zero attached hydrogens (tertiary/aromatic N) is 5. The highest BCUT2D eigenvalue weighted by Gasteiger charge is 2.20. The summed E-state index contributed by atoms with van der Waals surface area (Å²) in [7, 11) is 0. The molecule has 0 aliphatic heterocycles. The minimum absolute atomic E-state index is 0.196. The number of aromatic nitrogens is 5. The van der Waals surface area contributed by atoms with E-state index in [0.717, 1.165) is 34.0 Å². The van der Waals surface area contributed by atoms with E-state index >= 15 is 0 Å². The van der Waals surface area contributed by atoms with Crippen molar-refractivity contribution >= 4 is 0 Å². The second-order valence-electron chi connectivity index (χ2n) is 9.77. The molecule has 0 fully saturated rings. The molecule has 0 radical (unpaired) electrons. The lowest BCUT2D eigenvalue weighted by Crippen LogP contribution is -2.07. The topological polar surface area (TPSA) is 68.8 Å². The minimum atomic E-state index is 0.196. The highest BCUT2D eigenvalue weighted by atomic mass is 16.3. The first-order chi connectivity index (χ1) is 17.3. The Morgan fingerprint density at radius 1 is 0.778 bits per heavy atom. The van der Waals surface area contributed by atoms with E-state index < -0.39 is 0 Å². The number of phenolic OH excluding ortho intramolecular Hbond substituents is 1. The largest absolute Gasteiger partial charge is 0.506 e. The molecule has 1 N–H and O–H groups in total. The molecule has 6 heteroatoms. The van der Waals surface area contributed by atoms with Crippen LogP contribution < -0.4 is 0 Å². The maximum Gasteiger partial charge on any atom is 0.168 e. The van der Waals surface area contributed by atoms with Gasteiger partial charge in [-0.1, -0.05) is 76.2 Å². The van der Waals surface area contributed by atoms with Crippen LogP contribution >= 0.6 is 0 Å². The van der Waals surface area contributed by atoms with Gasteiger partial charge >= 0.3 is 0 Å². The van der Waals surface area contributed by atoms with Crippen molar-refractivity contribution in [3.63, 3.8) is 0 Å². The Balaban J connectivity index is 1.61. The molecule has 2 heterocycles. The molecule has 3 aromatic carbocycles. The molecule has 0 aliphatic carbocycles. The van der Waals surface area contributed by atoms with E-state index in [1.165, 1.54) is 11.1 Å². The highest BCUT2D eigenvalue weighted by molar-refractivity contribution is 5.70. The van der Waals surface area contributed by atoms with Crippen molar-refractivity contribution in [2.45, 2.75) is 46.5 Å². The molecule has 182 valence electrons. The van der Waals surface area contributed by atoms with Crippen LogP contribution in [0.5, 0.6) is 5.75 Å². The first kappa shape index (κ1) is 23.5. The van der Waals surface area contributed by atoms with Crippen molar-refractivity contribution in [1.82, 2.24) is 24.5 Å². The number of hydrogen-bond acceptors (Lipinski definition) is 4. The fourth-order valence-electron chi connectivity index (χ4n) is 4.71. The quantitative estimate of drug-likeness (QED) is 0.285. The Bertz CT molecular complexity index is 1500. The van der Waals surface area contributed by atoms with Gasteiger partial charge in [0.1, 0.15) is 17.8 Å². The Morgan fingerprint density at radius 3 is 2.14 bits per heavy atom.